The highest BCUT2D eigenvalue weighted by atomic mass is 15.2. The molecule has 3 nitrogen and oxygen atoms in total. The highest BCUT2D eigenvalue weighted by molar-refractivity contribution is 4.88. The van der Waals surface area contributed by atoms with Crippen LogP contribution in [0, 0.1) is 5.92 Å². The van der Waals surface area contributed by atoms with Crippen LogP contribution in [0.5, 0.6) is 0 Å². The van der Waals surface area contributed by atoms with Gasteiger partial charge in [0, 0.05) is 19.1 Å². The zero-order valence-corrected chi connectivity index (χ0v) is 9.99. The first kappa shape index (κ1) is 11.4. The number of nitrogens with zero attached hydrogens (tertiary/aromatic N) is 2. The maximum Gasteiger partial charge on any atom is 0.0133 e. The normalized spacial score (nSPS) is 32.2. The lowest BCUT2D eigenvalue weighted by molar-refractivity contribution is 0.0817. The molecule has 0 spiro atoms. The molecular formula is C12H25N3. The fourth-order valence-corrected chi connectivity index (χ4v) is 2.88. The quantitative estimate of drug-likeness (QED) is 0.728. The molecule has 1 aliphatic carbocycles. The van der Waals surface area contributed by atoms with Crippen molar-refractivity contribution in [3.05, 3.63) is 0 Å². The highest BCUT2D eigenvalue weighted by Crippen LogP contribution is 2.30. The van der Waals surface area contributed by atoms with Gasteiger partial charge in [0.1, 0.15) is 0 Å². The van der Waals surface area contributed by atoms with Gasteiger partial charge in [-0.1, -0.05) is 0 Å². The van der Waals surface area contributed by atoms with Crippen LogP contribution in [0.1, 0.15) is 25.7 Å². The second-order valence-corrected chi connectivity index (χ2v) is 5.17. The molecule has 2 unspecified atom stereocenters. The van der Waals surface area contributed by atoms with Crippen molar-refractivity contribution >= 4 is 0 Å². The Hall–Kier alpha value is -0.120. The minimum absolute atomic E-state index is 0.772. The van der Waals surface area contributed by atoms with Crippen LogP contribution in [0.3, 0.4) is 0 Å². The maximum atomic E-state index is 5.74. The van der Waals surface area contributed by atoms with E-state index in [-0.39, 0.29) is 0 Å². The molecule has 1 aliphatic heterocycles. The second kappa shape index (κ2) is 5.28. The predicted molar refractivity (Wildman–Crippen MR) is 63.9 cm³/mol. The molecule has 0 aromatic carbocycles. The highest BCUT2D eigenvalue weighted by Gasteiger charge is 2.32. The number of rotatable bonds is 5. The molecule has 3 heteroatoms. The summed E-state index contributed by atoms with van der Waals surface area (Å²) in [6.45, 7) is 5.99. The van der Waals surface area contributed by atoms with Gasteiger partial charge in [-0.05, 0) is 58.3 Å². The summed E-state index contributed by atoms with van der Waals surface area (Å²) in [6, 6.07) is 0.776. The Balaban J connectivity index is 1.65. The molecule has 0 radical (unpaired) electrons. The fraction of sp³-hybridized carbons (Fsp3) is 1.00. The second-order valence-electron chi connectivity index (χ2n) is 5.17. The van der Waals surface area contributed by atoms with Gasteiger partial charge in [0.2, 0.25) is 0 Å². The van der Waals surface area contributed by atoms with Crippen molar-refractivity contribution in [2.75, 3.05) is 39.8 Å². The van der Waals surface area contributed by atoms with E-state index in [1.54, 1.807) is 0 Å². The fourth-order valence-electron chi connectivity index (χ4n) is 2.88. The Kier molecular flexibility index (Phi) is 4.00. The number of likely N-dealkylation sites (N-methyl/N-ethyl adjacent to an activating group) is 1. The van der Waals surface area contributed by atoms with Crippen molar-refractivity contribution in [2.24, 2.45) is 11.7 Å². The molecule has 2 fully saturated rings. The predicted octanol–water partition coefficient (Wildman–Crippen LogP) is 0.751. The molecular weight excluding hydrogens is 186 g/mol. The summed E-state index contributed by atoms with van der Waals surface area (Å²) in [7, 11) is 2.27. The van der Waals surface area contributed by atoms with Gasteiger partial charge in [0.05, 0.1) is 0 Å². The van der Waals surface area contributed by atoms with Gasteiger partial charge in [-0.15, -0.1) is 0 Å². The van der Waals surface area contributed by atoms with Gasteiger partial charge in [0.15, 0.2) is 0 Å². The molecule has 0 bridgehead atoms. The van der Waals surface area contributed by atoms with E-state index in [4.69, 9.17) is 5.73 Å². The van der Waals surface area contributed by atoms with Crippen molar-refractivity contribution in [3.63, 3.8) is 0 Å². The van der Waals surface area contributed by atoms with Crippen LogP contribution in [-0.4, -0.2) is 55.6 Å². The van der Waals surface area contributed by atoms with Crippen molar-refractivity contribution in [1.82, 2.24) is 9.80 Å². The molecule has 1 saturated carbocycles. The van der Waals surface area contributed by atoms with Crippen molar-refractivity contribution in [3.8, 4) is 0 Å². The lowest BCUT2D eigenvalue weighted by Crippen LogP contribution is -2.49. The Morgan fingerprint density at radius 1 is 1.27 bits per heavy atom. The molecule has 15 heavy (non-hydrogen) atoms. The van der Waals surface area contributed by atoms with Crippen LogP contribution in [0.4, 0.5) is 0 Å². The van der Waals surface area contributed by atoms with Gasteiger partial charge in [-0.25, -0.2) is 0 Å². The van der Waals surface area contributed by atoms with Gasteiger partial charge >= 0.3 is 0 Å². The zero-order chi connectivity index (χ0) is 10.7. The number of likely N-dealkylation sites (tertiary alicyclic amines) is 1. The van der Waals surface area contributed by atoms with Crippen LogP contribution in [-0.2, 0) is 0 Å². The molecule has 1 saturated heterocycles. The summed E-state index contributed by atoms with van der Waals surface area (Å²) in [5.74, 6) is 0.772. The third kappa shape index (κ3) is 2.71. The molecule has 0 amide bonds. The molecule has 88 valence electrons. The summed E-state index contributed by atoms with van der Waals surface area (Å²) in [5, 5.41) is 0. The van der Waals surface area contributed by atoms with E-state index in [2.05, 4.69) is 16.8 Å². The Labute approximate surface area is 93.6 Å². The summed E-state index contributed by atoms with van der Waals surface area (Å²) in [5.41, 5.74) is 5.74. The summed E-state index contributed by atoms with van der Waals surface area (Å²) >= 11 is 0. The average Bonchev–Trinajstić information content (AvgIpc) is 2.66. The average molecular weight is 211 g/mol. The largest absolute Gasteiger partial charge is 0.330 e. The molecule has 0 aromatic heterocycles. The van der Waals surface area contributed by atoms with Crippen molar-refractivity contribution in [2.45, 2.75) is 31.7 Å². The number of hydrogen-bond acceptors (Lipinski definition) is 3. The van der Waals surface area contributed by atoms with Crippen LogP contribution in [0.15, 0.2) is 0 Å². The first-order chi connectivity index (χ1) is 7.31. The first-order valence-corrected chi connectivity index (χ1v) is 6.44. The smallest absolute Gasteiger partial charge is 0.0133 e. The van der Waals surface area contributed by atoms with Gasteiger partial charge < -0.3 is 15.5 Å². The van der Waals surface area contributed by atoms with E-state index in [1.165, 1.54) is 51.9 Å². The first-order valence-electron chi connectivity index (χ1n) is 6.44. The molecule has 0 aromatic rings. The van der Waals surface area contributed by atoms with E-state index in [9.17, 15) is 0 Å². The molecule has 2 N–H and O–H groups in total. The SMILES string of the molecule is CN(CCN1CCCC1)C1CCC1CN. The Bertz CT molecular complexity index is 187. The van der Waals surface area contributed by atoms with Crippen LogP contribution >= 0.6 is 0 Å². The van der Waals surface area contributed by atoms with Crippen LogP contribution < -0.4 is 5.73 Å². The molecule has 2 aliphatic rings. The monoisotopic (exact) mass is 211 g/mol. The van der Waals surface area contributed by atoms with Gasteiger partial charge in [0.25, 0.3) is 0 Å². The minimum atomic E-state index is 0.772. The summed E-state index contributed by atoms with van der Waals surface area (Å²) < 4.78 is 0. The van der Waals surface area contributed by atoms with Gasteiger partial charge in [-0.3, -0.25) is 0 Å². The third-order valence-corrected chi connectivity index (χ3v) is 4.21. The summed E-state index contributed by atoms with van der Waals surface area (Å²) in [6.07, 6.45) is 5.50. The van der Waals surface area contributed by atoms with Gasteiger partial charge in [-0.2, -0.15) is 0 Å². The van der Waals surface area contributed by atoms with E-state index in [0.717, 1.165) is 18.5 Å². The third-order valence-electron chi connectivity index (χ3n) is 4.21. The minimum Gasteiger partial charge on any atom is -0.330 e. The number of nitrogens with two attached hydrogens (primary N) is 1. The standard InChI is InChI=1S/C12H25N3/c1-14(12-5-4-11(12)10-13)8-9-15-6-2-3-7-15/h11-12H,2-10,13H2,1H3. The van der Waals surface area contributed by atoms with Crippen molar-refractivity contribution in [1.29, 1.82) is 0 Å². The number of hydrogen-bond donors (Lipinski definition) is 1. The van der Waals surface area contributed by atoms with Crippen LogP contribution in [0.25, 0.3) is 0 Å². The topological polar surface area (TPSA) is 32.5 Å². The van der Waals surface area contributed by atoms with E-state index >= 15 is 0 Å². The summed E-state index contributed by atoms with van der Waals surface area (Å²) in [4.78, 5) is 5.12. The zero-order valence-electron chi connectivity index (χ0n) is 9.99. The van der Waals surface area contributed by atoms with E-state index in [1.807, 2.05) is 0 Å². The molecule has 2 rings (SSSR count). The van der Waals surface area contributed by atoms with E-state index < -0.39 is 0 Å². The molecule has 2 atom stereocenters. The Morgan fingerprint density at radius 3 is 2.53 bits per heavy atom. The Morgan fingerprint density at radius 2 is 2.00 bits per heavy atom. The van der Waals surface area contributed by atoms with E-state index in [0.29, 0.717) is 0 Å². The lowest BCUT2D eigenvalue weighted by atomic mass is 9.79. The lowest BCUT2D eigenvalue weighted by Gasteiger charge is -2.42. The maximum absolute atomic E-state index is 5.74. The van der Waals surface area contributed by atoms with Crippen LogP contribution in [0.2, 0.25) is 0 Å². The molecule has 1 heterocycles. The van der Waals surface area contributed by atoms with Crippen molar-refractivity contribution < 1.29 is 0 Å².